The lowest BCUT2D eigenvalue weighted by Crippen LogP contribution is -2.39. The second-order valence-corrected chi connectivity index (χ2v) is 7.80. The molecule has 0 bridgehead atoms. The Morgan fingerprint density at radius 2 is 2.11 bits per heavy atom. The molecule has 1 aromatic rings. The lowest BCUT2D eigenvalue weighted by Gasteiger charge is -2.14. The molecule has 3 N–H and O–H groups in total. The molecule has 1 fully saturated rings. The van der Waals surface area contributed by atoms with E-state index >= 15 is 0 Å². The first-order valence-electron chi connectivity index (χ1n) is 5.91. The van der Waals surface area contributed by atoms with Crippen molar-refractivity contribution in [3.05, 3.63) is 22.7 Å². The standard InChI is InChI=1S/C12H15BrN2O3S/c1-7(12(16)15-9-3-4-9)19(17,18)11-5-2-8(13)6-10(11)14/h2,5-7,9H,3-4,14H2,1H3,(H,15,16). The number of carbonyl (C=O) groups excluding carboxylic acids is 1. The van der Waals surface area contributed by atoms with Gasteiger partial charge in [0, 0.05) is 10.5 Å². The van der Waals surface area contributed by atoms with Gasteiger partial charge in [-0.15, -0.1) is 0 Å². The molecular weight excluding hydrogens is 332 g/mol. The van der Waals surface area contributed by atoms with Crippen molar-refractivity contribution in [1.82, 2.24) is 5.32 Å². The molecule has 5 nitrogen and oxygen atoms in total. The Morgan fingerprint density at radius 3 is 2.63 bits per heavy atom. The molecule has 1 saturated carbocycles. The normalized spacial score (nSPS) is 16.9. The molecule has 0 radical (unpaired) electrons. The minimum Gasteiger partial charge on any atom is -0.398 e. The van der Waals surface area contributed by atoms with Crippen LogP contribution in [0, 0.1) is 0 Å². The zero-order valence-corrected chi connectivity index (χ0v) is 12.8. The Balaban J connectivity index is 2.27. The summed E-state index contributed by atoms with van der Waals surface area (Å²) in [7, 11) is -3.76. The summed E-state index contributed by atoms with van der Waals surface area (Å²) in [5, 5.41) is 1.55. The fourth-order valence-corrected chi connectivity index (χ4v) is 3.41. The number of nitrogen functional groups attached to an aromatic ring is 1. The molecule has 19 heavy (non-hydrogen) atoms. The van der Waals surface area contributed by atoms with Crippen molar-refractivity contribution in [2.24, 2.45) is 0 Å². The first kappa shape index (κ1) is 14.3. The molecule has 0 aliphatic heterocycles. The molecule has 0 aromatic heterocycles. The Kier molecular flexibility index (Phi) is 3.87. The number of nitrogens with one attached hydrogen (secondary N) is 1. The maximum absolute atomic E-state index is 12.4. The van der Waals surface area contributed by atoms with Gasteiger partial charge >= 0.3 is 0 Å². The lowest BCUT2D eigenvalue weighted by molar-refractivity contribution is -0.120. The third-order valence-corrected chi connectivity index (χ3v) is 5.66. The summed E-state index contributed by atoms with van der Waals surface area (Å²) < 4.78 is 25.4. The van der Waals surface area contributed by atoms with Gasteiger partial charge in [0.25, 0.3) is 0 Å². The lowest BCUT2D eigenvalue weighted by atomic mass is 10.3. The van der Waals surface area contributed by atoms with Gasteiger partial charge in [-0.3, -0.25) is 4.79 Å². The van der Waals surface area contributed by atoms with E-state index in [4.69, 9.17) is 5.73 Å². The van der Waals surface area contributed by atoms with E-state index in [0.29, 0.717) is 4.47 Å². The van der Waals surface area contributed by atoms with E-state index in [9.17, 15) is 13.2 Å². The summed E-state index contributed by atoms with van der Waals surface area (Å²) in [6.07, 6.45) is 1.83. The number of nitrogens with two attached hydrogens (primary N) is 1. The fraction of sp³-hybridized carbons (Fsp3) is 0.417. The number of hydrogen-bond donors (Lipinski definition) is 2. The second-order valence-electron chi connectivity index (χ2n) is 4.65. The molecule has 1 amide bonds. The van der Waals surface area contributed by atoms with Crippen LogP contribution < -0.4 is 11.1 Å². The first-order chi connectivity index (χ1) is 8.82. The molecular formula is C12H15BrN2O3S. The van der Waals surface area contributed by atoms with Gasteiger partial charge in [0.2, 0.25) is 5.91 Å². The molecule has 1 atom stereocenters. The predicted molar refractivity (Wildman–Crippen MR) is 76.4 cm³/mol. The van der Waals surface area contributed by atoms with Crippen molar-refractivity contribution in [2.75, 3.05) is 5.73 Å². The topological polar surface area (TPSA) is 89.3 Å². The highest BCUT2D eigenvalue weighted by Gasteiger charge is 2.34. The van der Waals surface area contributed by atoms with E-state index in [-0.39, 0.29) is 16.6 Å². The summed E-state index contributed by atoms with van der Waals surface area (Å²) in [6.45, 7) is 1.38. The van der Waals surface area contributed by atoms with Gasteiger partial charge in [-0.2, -0.15) is 0 Å². The molecule has 1 unspecified atom stereocenters. The number of rotatable bonds is 4. The number of halogens is 1. The van der Waals surface area contributed by atoms with E-state index in [1.54, 1.807) is 6.07 Å². The molecule has 0 spiro atoms. The maximum atomic E-state index is 12.4. The number of hydrogen-bond acceptors (Lipinski definition) is 4. The van der Waals surface area contributed by atoms with E-state index in [0.717, 1.165) is 12.8 Å². The second kappa shape index (κ2) is 5.13. The average Bonchev–Trinajstić information content (AvgIpc) is 3.11. The van der Waals surface area contributed by atoms with E-state index in [1.807, 2.05) is 0 Å². The summed E-state index contributed by atoms with van der Waals surface area (Å²) in [5.74, 6) is -0.468. The highest BCUT2D eigenvalue weighted by atomic mass is 79.9. The monoisotopic (exact) mass is 346 g/mol. The summed E-state index contributed by atoms with van der Waals surface area (Å²) in [5.41, 5.74) is 5.86. The van der Waals surface area contributed by atoms with Gasteiger partial charge in [-0.1, -0.05) is 15.9 Å². The van der Waals surface area contributed by atoms with Gasteiger partial charge in [0.1, 0.15) is 5.25 Å². The Hall–Kier alpha value is -1.08. The van der Waals surface area contributed by atoms with Gasteiger partial charge in [-0.25, -0.2) is 8.42 Å². The van der Waals surface area contributed by atoms with Crippen molar-refractivity contribution < 1.29 is 13.2 Å². The van der Waals surface area contributed by atoms with Crippen LogP contribution in [0.3, 0.4) is 0 Å². The third kappa shape index (κ3) is 3.09. The Bertz CT molecular complexity index is 611. The van der Waals surface area contributed by atoms with Gasteiger partial charge < -0.3 is 11.1 Å². The van der Waals surface area contributed by atoms with Gasteiger partial charge in [0.05, 0.1) is 10.6 Å². The zero-order valence-electron chi connectivity index (χ0n) is 10.4. The number of sulfone groups is 1. The summed E-state index contributed by atoms with van der Waals surface area (Å²) in [4.78, 5) is 11.8. The molecule has 104 valence electrons. The zero-order chi connectivity index (χ0) is 14.2. The largest absolute Gasteiger partial charge is 0.398 e. The van der Waals surface area contributed by atoms with E-state index < -0.39 is 21.0 Å². The minimum atomic E-state index is -3.76. The number of amides is 1. The highest BCUT2D eigenvalue weighted by Crippen LogP contribution is 2.27. The average molecular weight is 347 g/mol. The van der Waals surface area contributed by atoms with Crippen molar-refractivity contribution >= 4 is 37.4 Å². The third-order valence-electron chi connectivity index (χ3n) is 3.04. The summed E-state index contributed by atoms with van der Waals surface area (Å²) in [6, 6.07) is 4.65. The minimum absolute atomic E-state index is 0.00542. The van der Waals surface area contributed by atoms with Crippen LogP contribution in [-0.4, -0.2) is 25.6 Å². The maximum Gasteiger partial charge on any atom is 0.238 e. The molecule has 1 aliphatic rings. The van der Waals surface area contributed by atoms with Crippen LogP contribution in [0.5, 0.6) is 0 Å². The number of benzene rings is 1. The van der Waals surface area contributed by atoms with Crippen molar-refractivity contribution in [1.29, 1.82) is 0 Å². The molecule has 2 rings (SSSR count). The SMILES string of the molecule is CC(C(=O)NC1CC1)S(=O)(=O)c1ccc(Br)cc1N. The van der Waals surface area contributed by atoms with Crippen LogP contribution in [0.25, 0.3) is 0 Å². The van der Waals surface area contributed by atoms with Gasteiger partial charge in [0.15, 0.2) is 9.84 Å². The highest BCUT2D eigenvalue weighted by molar-refractivity contribution is 9.10. The first-order valence-corrected chi connectivity index (χ1v) is 8.25. The Morgan fingerprint density at radius 1 is 1.47 bits per heavy atom. The molecule has 0 heterocycles. The van der Waals surface area contributed by atoms with Crippen LogP contribution in [0.15, 0.2) is 27.6 Å². The quantitative estimate of drug-likeness (QED) is 0.808. The van der Waals surface area contributed by atoms with Crippen LogP contribution in [0.1, 0.15) is 19.8 Å². The summed E-state index contributed by atoms with van der Waals surface area (Å²) >= 11 is 3.22. The predicted octanol–water partition coefficient (Wildman–Crippen LogP) is 1.47. The van der Waals surface area contributed by atoms with Crippen molar-refractivity contribution in [2.45, 2.75) is 36.0 Å². The molecule has 7 heteroatoms. The molecule has 1 aromatic carbocycles. The van der Waals surface area contributed by atoms with Crippen LogP contribution in [0.2, 0.25) is 0 Å². The number of carbonyl (C=O) groups is 1. The van der Waals surface area contributed by atoms with Crippen LogP contribution in [0.4, 0.5) is 5.69 Å². The number of anilines is 1. The van der Waals surface area contributed by atoms with Crippen LogP contribution >= 0.6 is 15.9 Å². The van der Waals surface area contributed by atoms with Gasteiger partial charge in [-0.05, 0) is 38.0 Å². The molecule has 1 aliphatic carbocycles. The molecule has 0 saturated heterocycles. The van der Waals surface area contributed by atoms with E-state index in [2.05, 4.69) is 21.2 Å². The van der Waals surface area contributed by atoms with Crippen LogP contribution in [-0.2, 0) is 14.6 Å². The smallest absolute Gasteiger partial charge is 0.238 e. The fourth-order valence-electron chi connectivity index (χ4n) is 1.66. The van der Waals surface area contributed by atoms with Crippen molar-refractivity contribution in [3.8, 4) is 0 Å². The van der Waals surface area contributed by atoms with Crippen molar-refractivity contribution in [3.63, 3.8) is 0 Å². The van der Waals surface area contributed by atoms with E-state index in [1.165, 1.54) is 19.1 Å². The Labute approximate surface area is 120 Å².